The minimum absolute atomic E-state index is 0.0299. The van der Waals surface area contributed by atoms with Crippen LogP contribution in [0.15, 0.2) is 134 Å². The molecule has 584 valence electrons. The van der Waals surface area contributed by atoms with Crippen LogP contribution in [0.4, 0.5) is 0 Å². The maximum Gasteiger partial charge on any atom is 0.472 e. The highest BCUT2D eigenvalue weighted by molar-refractivity contribution is 7.47. The molecule has 0 rings (SSSR count). The number of unbranched alkanes of at least 4 members (excludes halogenated alkanes) is 25. The quantitative estimate of drug-likeness (QED) is 0.0169. The molecule has 0 saturated heterocycles. The zero-order chi connectivity index (χ0) is 74.6. The molecule has 0 spiro atoms. The molecular formula is C83H140O17P2. The lowest BCUT2D eigenvalue weighted by atomic mass is 10.1. The second-order valence-electron chi connectivity index (χ2n) is 25.9. The molecule has 19 heteroatoms. The second kappa shape index (κ2) is 74.5. The maximum atomic E-state index is 13.1. The van der Waals surface area contributed by atoms with Gasteiger partial charge in [0.25, 0.3) is 0 Å². The summed E-state index contributed by atoms with van der Waals surface area (Å²) in [5.41, 5.74) is 0. The van der Waals surface area contributed by atoms with Gasteiger partial charge in [0, 0.05) is 25.7 Å². The van der Waals surface area contributed by atoms with Gasteiger partial charge in [0.1, 0.15) is 19.3 Å². The molecule has 5 unspecified atom stereocenters. The fraction of sp³-hybridized carbons (Fsp3) is 0.687. The van der Waals surface area contributed by atoms with Gasteiger partial charge in [-0.15, -0.1) is 0 Å². The first-order valence-electron chi connectivity index (χ1n) is 39.4. The highest BCUT2D eigenvalue weighted by Gasteiger charge is 2.30. The summed E-state index contributed by atoms with van der Waals surface area (Å²) in [6.45, 7) is 4.57. The molecule has 0 radical (unpaired) electrons. The van der Waals surface area contributed by atoms with Crippen LogP contribution >= 0.6 is 15.6 Å². The second-order valence-corrected chi connectivity index (χ2v) is 28.8. The van der Waals surface area contributed by atoms with E-state index in [0.29, 0.717) is 32.1 Å². The number of carbonyl (C=O) groups is 4. The maximum absolute atomic E-state index is 13.1. The van der Waals surface area contributed by atoms with Gasteiger partial charge in [-0.1, -0.05) is 264 Å². The first-order chi connectivity index (χ1) is 49.7. The van der Waals surface area contributed by atoms with Crippen LogP contribution in [0.1, 0.15) is 310 Å². The number of hydrogen-bond donors (Lipinski definition) is 3. The van der Waals surface area contributed by atoms with E-state index >= 15 is 0 Å². The van der Waals surface area contributed by atoms with Gasteiger partial charge in [-0.05, 0) is 154 Å². The highest BCUT2D eigenvalue weighted by atomic mass is 31.2. The van der Waals surface area contributed by atoms with Gasteiger partial charge < -0.3 is 33.8 Å². The summed E-state index contributed by atoms with van der Waals surface area (Å²) in [5, 5.41) is 10.6. The van der Waals surface area contributed by atoms with Crippen LogP contribution in [0.3, 0.4) is 0 Å². The van der Waals surface area contributed by atoms with Crippen LogP contribution in [-0.2, 0) is 65.4 Å². The third-order valence-electron chi connectivity index (χ3n) is 16.1. The number of aliphatic hydroxyl groups is 1. The SMILES string of the molecule is CCC=CCC=CCC=CCC=CCC=CCC=CCCC(=O)OCC(COP(=O)(O)OCC(O)COP(=O)(O)OCC(COC(=O)CCCCCCCC=CCC=CCCCCC)OC(=O)CCCCCCCC=CCCCCCC)OC(=O)CCCCCCCC=CCC=CCCCCC. The van der Waals surface area contributed by atoms with Crippen molar-refractivity contribution in [3.63, 3.8) is 0 Å². The Bertz CT molecular complexity index is 2460. The minimum Gasteiger partial charge on any atom is -0.462 e. The lowest BCUT2D eigenvalue weighted by molar-refractivity contribution is -0.161. The van der Waals surface area contributed by atoms with Crippen LogP contribution in [-0.4, -0.2) is 96.7 Å². The number of carbonyl (C=O) groups excluding carboxylic acids is 4. The van der Waals surface area contributed by atoms with E-state index in [4.69, 9.17) is 37.0 Å². The normalized spacial score (nSPS) is 14.6. The number of hydrogen-bond acceptors (Lipinski definition) is 15. The average molecular weight is 1470 g/mol. The topological polar surface area (TPSA) is 237 Å². The van der Waals surface area contributed by atoms with Gasteiger partial charge >= 0.3 is 39.5 Å². The van der Waals surface area contributed by atoms with Crippen molar-refractivity contribution in [2.75, 3.05) is 39.6 Å². The van der Waals surface area contributed by atoms with Crippen molar-refractivity contribution >= 4 is 39.5 Å². The van der Waals surface area contributed by atoms with Crippen molar-refractivity contribution < 1.29 is 80.2 Å². The summed E-state index contributed by atoms with van der Waals surface area (Å²) < 4.78 is 68.4. The summed E-state index contributed by atoms with van der Waals surface area (Å²) in [7, 11) is -9.99. The number of aliphatic hydroxyl groups excluding tert-OH is 1. The van der Waals surface area contributed by atoms with Crippen LogP contribution in [0.2, 0.25) is 0 Å². The summed E-state index contributed by atoms with van der Waals surface area (Å²) in [5.74, 6) is -2.31. The molecule has 0 saturated carbocycles. The predicted molar refractivity (Wildman–Crippen MR) is 418 cm³/mol. The molecule has 3 N–H and O–H groups in total. The number of ether oxygens (including phenoxy) is 4. The Labute approximate surface area is 618 Å². The Morgan fingerprint density at radius 3 is 0.873 bits per heavy atom. The van der Waals surface area contributed by atoms with Crippen LogP contribution in [0.25, 0.3) is 0 Å². The van der Waals surface area contributed by atoms with Crippen LogP contribution < -0.4 is 0 Å². The lowest BCUT2D eigenvalue weighted by Gasteiger charge is -2.21. The van der Waals surface area contributed by atoms with Gasteiger partial charge in [-0.3, -0.25) is 37.3 Å². The van der Waals surface area contributed by atoms with E-state index in [1.54, 1.807) is 0 Å². The van der Waals surface area contributed by atoms with E-state index in [0.717, 1.165) is 161 Å². The van der Waals surface area contributed by atoms with E-state index in [1.165, 1.54) is 64.2 Å². The molecule has 0 heterocycles. The van der Waals surface area contributed by atoms with E-state index in [9.17, 15) is 43.2 Å². The van der Waals surface area contributed by atoms with E-state index < -0.39 is 97.5 Å². The number of rotatable bonds is 73. The van der Waals surface area contributed by atoms with Crippen LogP contribution in [0.5, 0.6) is 0 Å². The predicted octanol–water partition coefficient (Wildman–Crippen LogP) is 22.9. The molecule has 0 amide bonds. The Kier molecular flexibility index (Phi) is 71.0. The Balaban J connectivity index is 5.44. The molecule has 0 bridgehead atoms. The average Bonchev–Trinajstić information content (AvgIpc) is 0.924. The fourth-order valence-corrected chi connectivity index (χ4v) is 11.6. The van der Waals surface area contributed by atoms with Crippen LogP contribution in [0, 0.1) is 0 Å². The number of allylic oxidation sites excluding steroid dienone is 22. The number of esters is 4. The Morgan fingerprint density at radius 1 is 0.284 bits per heavy atom. The summed E-state index contributed by atoms with van der Waals surface area (Å²) in [4.78, 5) is 72.9. The standard InChI is InChI=1S/C83H140O17P2/c1-5-9-13-17-21-25-29-33-36-37-38-39-42-45-48-52-56-60-64-68-81(86)94-74-79(100-83(88)70-66-62-58-54-50-46-41-35-31-27-23-19-15-11-7-3)76-98-102(91,92)96-72-77(84)71-95-101(89,90)97-75-78(99-82(87)69-65-61-57-53-49-43-32-28-24-20-16-12-8-4)73-93-80(85)67-63-59-55-51-47-44-40-34-30-26-22-18-14-10-6-2/h9,13,21-23,25-28,32-36,38-41,45,48,56,60,77-79,84H,5-8,10-12,14-20,24,29-31,37,42-44,46-47,49-55,57-59,61-76H2,1-4H3,(H,89,90)(H,91,92). The zero-order valence-corrected chi connectivity index (χ0v) is 65.5. The van der Waals surface area contributed by atoms with Crippen molar-refractivity contribution in [1.82, 2.24) is 0 Å². The summed E-state index contributed by atoms with van der Waals surface area (Å²) in [6.07, 6.45) is 83.0. The first kappa shape index (κ1) is 97.2. The van der Waals surface area contributed by atoms with E-state index in [-0.39, 0.29) is 25.7 Å². The first-order valence-corrected chi connectivity index (χ1v) is 42.4. The Hall–Kier alpha value is -4.80. The molecule has 0 aliphatic heterocycles. The molecule has 0 aromatic rings. The molecule has 17 nitrogen and oxygen atoms in total. The van der Waals surface area contributed by atoms with E-state index in [2.05, 4.69) is 143 Å². The highest BCUT2D eigenvalue weighted by Crippen LogP contribution is 2.45. The molecule has 0 aromatic heterocycles. The number of phosphoric ester groups is 2. The third kappa shape index (κ3) is 73.5. The monoisotopic (exact) mass is 1470 g/mol. The van der Waals surface area contributed by atoms with Gasteiger partial charge in [0.05, 0.1) is 26.4 Å². The van der Waals surface area contributed by atoms with E-state index in [1.807, 2.05) is 18.2 Å². The van der Waals surface area contributed by atoms with Crippen molar-refractivity contribution in [3.05, 3.63) is 134 Å². The molecule has 0 aromatic carbocycles. The number of phosphoric acid groups is 2. The largest absolute Gasteiger partial charge is 0.472 e. The van der Waals surface area contributed by atoms with Gasteiger partial charge in [0.15, 0.2) is 12.2 Å². The van der Waals surface area contributed by atoms with Crippen molar-refractivity contribution in [3.8, 4) is 0 Å². The molecule has 0 aliphatic rings. The molecule has 5 atom stereocenters. The molecule has 0 aliphatic carbocycles. The van der Waals surface area contributed by atoms with Gasteiger partial charge in [-0.25, -0.2) is 9.13 Å². The van der Waals surface area contributed by atoms with Crippen molar-refractivity contribution in [2.45, 2.75) is 329 Å². The van der Waals surface area contributed by atoms with Crippen molar-refractivity contribution in [2.24, 2.45) is 0 Å². The summed E-state index contributed by atoms with van der Waals surface area (Å²) in [6, 6.07) is 0. The molecule has 0 fully saturated rings. The molecular weight excluding hydrogens is 1330 g/mol. The fourth-order valence-electron chi connectivity index (χ4n) is 10.1. The smallest absolute Gasteiger partial charge is 0.462 e. The Morgan fingerprint density at radius 2 is 0.529 bits per heavy atom. The summed E-state index contributed by atoms with van der Waals surface area (Å²) >= 11 is 0. The zero-order valence-electron chi connectivity index (χ0n) is 63.7. The van der Waals surface area contributed by atoms with Gasteiger partial charge in [0.2, 0.25) is 0 Å². The third-order valence-corrected chi connectivity index (χ3v) is 18.0. The van der Waals surface area contributed by atoms with Crippen molar-refractivity contribution in [1.29, 1.82) is 0 Å². The molecule has 102 heavy (non-hydrogen) atoms. The minimum atomic E-state index is -5.00. The van der Waals surface area contributed by atoms with Gasteiger partial charge in [-0.2, -0.15) is 0 Å². The lowest BCUT2D eigenvalue weighted by Crippen LogP contribution is -2.30.